The normalized spacial score (nSPS) is 11.4. The lowest BCUT2D eigenvalue weighted by atomic mass is 10.1. The van der Waals surface area contributed by atoms with Gasteiger partial charge in [-0.1, -0.05) is 16.8 Å². The third-order valence-electron chi connectivity index (χ3n) is 2.41. The highest BCUT2D eigenvalue weighted by molar-refractivity contribution is 7.18. The molecule has 1 aromatic heterocycles. The average molecular weight is 314 g/mol. The number of rotatable bonds is 3. The van der Waals surface area contributed by atoms with Gasteiger partial charge in [-0.2, -0.15) is 0 Å². The van der Waals surface area contributed by atoms with Crippen LogP contribution in [-0.4, -0.2) is 17.0 Å². The Labute approximate surface area is 122 Å². The maximum absolute atomic E-state index is 13.2. The second-order valence-corrected chi connectivity index (χ2v) is 5.45. The zero-order valence-corrected chi connectivity index (χ0v) is 11.5. The van der Waals surface area contributed by atoms with Crippen LogP contribution in [0, 0.1) is 5.82 Å². The molecule has 20 heavy (non-hydrogen) atoms. The van der Waals surface area contributed by atoms with E-state index in [1.165, 1.54) is 6.07 Å². The average Bonchev–Trinajstić information content (AvgIpc) is 2.86. The van der Waals surface area contributed by atoms with Crippen molar-refractivity contribution in [1.29, 1.82) is 0 Å². The first-order chi connectivity index (χ1) is 9.51. The third kappa shape index (κ3) is 3.06. The smallest absolute Gasteiger partial charge is 0.265 e. The highest BCUT2D eigenvalue weighted by Gasteiger charge is 2.14. The van der Waals surface area contributed by atoms with E-state index in [9.17, 15) is 9.18 Å². The van der Waals surface area contributed by atoms with Crippen molar-refractivity contribution in [3.05, 3.63) is 50.9 Å². The lowest BCUT2D eigenvalue weighted by Gasteiger charge is -2.09. The van der Waals surface area contributed by atoms with Gasteiger partial charge in [0.15, 0.2) is 5.84 Å². The molecule has 0 aliphatic heterocycles. The van der Waals surface area contributed by atoms with E-state index in [0.717, 1.165) is 23.5 Å². The first kappa shape index (κ1) is 14.3. The molecule has 2 rings (SSSR count). The molecule has 1 amide bonds. The summed E-state index contributed by atoms with van der Waals surface area (Å²) >= 11 is 6.86. The number of carbonyl (C=O) groups excluding carboxylic acids is 1. The van der Waals surface area contributed by atoms with Gasteiger partial charge in [-0.25, -0.2) is 4.39 Å². The number of thiophene rings is 1. The van der Waals surface area contributed by atoms with Crippen LogP contribution in [0.15, 0.2) is 35.5 Å². The van der Waals surface area contributed by atoms with Crippen LogP contribution < -0.4 is 11.1 Å². The lowest BCUT2D eigenvalue weighted by molar-refractivity contribution is 0.103. The molecule has 104 valence electrons. The van der Waals surface area contributed by atoms with Crippen molar-refractivity contribution in [3.63, 3.8) is 0 Å². The van der Waals surface area contributed by atoms with Gasteiger partial charge in [-0.15, -0.1) is 11.3 Å². The largest absolute Gasteiger partial charge is 0.409 e. The summed E-state index contributed by atoms with van der Waals surface area (Å²) in [6.07, 6.45) is 0. The van der Waals surface area contributed by atoms with E-state index < -0.39 is 11.7 Å². The first-order valence-corrected chi connectivity index (χ1v) is 6.55. The van der Waals surface area contributed by atoms with Crippen LogP contribution in [-0.2, 0) is 0 Å². The fourth-order valence-corrected chi connectivity index (χ4v) is 2.45. The molecular weight excluding hydrogens is 305 g/mol. The van der Waals surface area contributed by atoms with Gasteiger partial charge in [0.2, 0.25) is 0 Å². The van der Waals surface area contributed by atoms with Crippen LogP contribution in [0.5, 0.6) is 0 Å². The van der Waals surface area contributed by atoms with Crippen molar-refractivity contribution in [2.75, 3.05) is 5.32 Å². The molecule has 2 aromatic rings. The summed E-state index contributed by atoms with van der Waals surface area (Å²) in [6, 6.07) is 6.71. The number of hydrogen-bond acceptors (Lipinski definition) is 4. The Morgan fingerprint density at radius 2 is 2.15 bits per heavy atom. The van der Waals surface area contributed by atoms with Crippen molar-refractivity contribution in [1.82, 2.24) is 0 Å². The molecule has 1 heterocycles. The van der Waals surface area contributed by atoms with Gasteiger partial charge >= 0.3 is 0 Å². The van der Waals surface area contributed by atoms with Gasteiger partial charge in [0, 0.05) is 5.56 Å². The topological polar surface area (TPSA) is 87.7 Å². The standard InChI is InChI=1S/C12H9ClFN3O2S/c13-10-4-3-9(20-10)12(18)16-8-2-1-6(14)5-7(8)11(15)17-19/h1-5,19H,(H2,15,17)(H,16,18). The summed E-state index contributed by atoms with van der Waals surface area (Å²) in [5.74, 6) is -1.28. The van der Waals surface area contributed by atoms with E-state index in [-0.39, 0.29) is 17.1 Å². The molecule has 0 aliphatic carbocycles. The predicted octanol–water partition coefficient (Wildman–Crippen LogP) is 2.89. The minimum atomic E-state index is -0.566. The minimum Gasteiger partial charge on any atom is -0.409 e. The molecule has 0 saturated heterocycles. The first-order valence-electron chi connectivity index (χ1n) is 5.35. The van der Waals surface area contributed by atoms with Crippen molar-refractivity contribution in [3.8, 4) is 0 Å². The van der Waals surface area contributed by atoms with Gasteiger partial charge in [-0.05, 0) is 30.3 Å². The Kier molecular flexibility index (Phi) is 4.21. The van der Waals surface area contributed by atoms with Crippen molar-refractivity contribution in [2.45, 2.75) is 0 Å². The highest BCUT2D eigenvalue weighted by Crippen LogP contribution is 2.23. The Morgan fingerprint density at radius 1 is 1.40 bits per heavy atom. The number of amides is 1. The van der Waals surface area contributed by atoms with E-state index in [2.05, 4.69) is 10.5 Å². The molecule has 5 nitrogen and oxygen atoms in total. The Morgan fingerprint density at radius 3 is 2.75 bits per heavy atom. The fraction of sp³-hybridized carbons (Fsp3) is 0. The summed E-state index contributed by atoms with van der Waals surface area (Å²) < 4.78 is 13.7. The number of carbonyl (C=O) groups is 1. The summed E-state index contributed by atoms with van der Waals surface area (Å²) in [5.41, 5.74) is 5.77. The molecule has 0 aliphatic rings. The number of nitrogens with zero attached hydrogens (tertiary/aromatic N) is 1. The zero-order chi connectivity index (χ0) is 14.7. The highest BCUT2D eigenvalue weighted by atomic mass is 35.5. The zero-order valence-electron chi connectivity index (χ0n) is 9.93. The molecule has 0 spiro atoms. The van der Waals surface area contributed by atoms with E-state index in [1.807, 2.05) is 0 Å². The number of nitrogens with two attached hydrogens (primary N) is 1. The monoisotopic (exact) mass is 313 g/mol. The van der Waals surface area contributed by atoms with E-state index in [4.69, 9.17) is 22.5 Å². The molecule has 0 unspecified atom stereocenters. The van der Waals surface area contributed by atoms with Gasteiger partial charge in [-0.3, -0.25) is 4.79 Å². The van der Waals surface area contributed by atoms with Crippen LogP contribution in [0.3, 0.4) is 0 Å². The fourth-order valence-electron chi connectivity index (χ4n) is 1.51. The number of hydrogen-bond donors (Lipinski definition) is 3. The Hall–Kier alpha value is -2.12. The van der Waals surface area contributed by atoms with Crippen LogP contribution in [0.2, 0.25) is 4.34 Å². The van der Waals surface area contributed by atoms with Crippen LogP contribution in [0.1, 0.15) is 15.2 Å². The predicted molar refractivity (Wildman–Crippen MR) is 76.2 cm³/mol. The molecule has 0 bridgehead atoms. The summed E-state index contributed by atoms with van der Waals surface area (Å²) in [7, 11) is 0. The second-order valence-electron chi connectivity index (χ2n) is 3.73. The van der Waals surface area contributed by atoms with Crippen molar-refractivity contribution in [2.24, 2.45) is 10.9 Å². The number of benzene rings is 1. The number of anilines is 1. The number of halogens is 2. The van der Waals surface area contributed by atoms with Crippen LogP contribution >= 0.6 is 22.9 Å². The minimum absolute atomic E-state index is 0.0866. The van der Waals surface area contributed by atoms with E-state index >= 15 is 0 Å². The number of amidine groups is 1. The second kappa shape index (κ2) is 5.89. The summed E-state index contributed by atoms with van der Waals surface area (Å²) in [6.45, 7) is 0. The Balaban J connectivity index is 2.32. The molecule has 0 radical (unpaired) electrons. The molecule has 8 heteroatoms. The van der Waals surface area contributed by atoms with Gasteiger partial charge in [0.25, 0.3) is 5.91 Å². The van der Waals surface area contributed by atoms with Crippen LogP contribution in [0.4, 0.5) is 10.1 Å². The van der Waals surface area contributed by atoms with Crippen molar-refractivity contribution < 1.29 is 14.4 Å². The van der Waals surface area contributed by atoms with E-state index in [1.54, 1.807) is 12.1 Å². The Bertz CT molecular complexity index is 687. The van der Waals surface area contributed by atoms with Gasteiger partial charge in [0.1, 0.15) is 5.82 Å². The van der Waals surface area contributed by atoms with Gasteiger partial charge in [0.05, 0.1) is 14.9 Å². The lowest BCUT2D eigenvalue weighted by Crippen LogP contribution is -2.19. The van der Waals surface area contributed by atoms with Gasteiger partial charge < -0.3 is 16.3 Å². The maximum Gasteiger partial charge on any atom is 0.265 e. The van der Waals surface area contributed by atoms with Crippen LogP contribution in [0.25, 0.3) is 0 Å². The molecule has 0 saturated carbocycles. The maximum atomic E-state index is 13.2. The molecular formula is C12H9ClFN3O2S. The summed E-state index contributed by atoms with van der Waals surface area (Å²) in [5, 5.41) is 14.0. The SMILES string of the molecule is N/C(=N/O)c1cc(F)ccc1NC(=O)c1ccc(Cl)s1. The molecule has 0 atom stereocenters. The molecule has 4 N–H and O–H groups in total. The third-order valence-corrected chi connectivity index (χ3v) is 3.64. The molecule has 0 fully saturated rings. The summed E-state index contributed by atoms with van der Waals surface area (Å²) in [4.78, 5) is 12.4. The van der Waals surface area contributed by atoms with E-state index in [0.29, 0.717) is 9.21 Å². The number of nitrogens with one attached hydrogen (secondary N) is 1. The number of oxime groups is 1. The van der Waals surface area contributed by atoms with Crippen molar-refractivity contribution >= 4 is 40.4 Å². The molecule has 1 aromatic carbocycles. The quantitative estimate of drug-likeness (QED) is 0.352.